The quantitative estimate of drug-likeness (QED) is 0.850. The molecule has 1 aromatic rings. The number of hydrogen-bond donors (Lipinski definition) is 1. The second-order valence-electron chi connectivity index (χ2n) is 2.53. The molecule has 0 atom stereocenters. The van der Waals surface area contributed by atoms with E-state index in [4.69, 9.17) is 5.11 Å². The highest BCUT2D eigenvalue weighted by Gasteiger charge is 2.04. The molecule has 0 aromatic heterocycles. The minimum absolute atomic E-state index is 0.0980. The largest absolute Gasteiger partial charge is 0.396 e. The Kier molecular flexibility index (Phi) is 3.69. The number of benzene rings is 1. The molecule has 0 aliphatic heterocycles. The zero-order chi connectivity index (χ0) is 8.97. The Hall–Kier alpha value is -0.410. The lowest BCUT2D eigenvalue weighted by atomic mass is 10.1. The predicted octanol–water partition coefficient (Wildman–Crippen LogP) is 2.51. The molecular weight excluding hydrogens is 223 g/mol. The summed E-state index contributed by atoms with van der Waals surface area (Å²) in [7, 11) is 0. The second kappa shape index (κ2) is 4.58. The van der Waals surface area contributed by atoms with Gasteiger partial charge in [-0.1, -0.05) is 22.0 Å². The van der Waals surface area contributed by atoms with Crippen LogP contribution in [0.3, 0.4) is 0 Å². The van der Waals surface area contributed by atoms with Crippen molar-refractivity contribution in [3.8, 4) is 0 Å². The van der Waals surface area contributed by atoms with Crippen molar-refractivity contribution in [1.29, 1.82) is 0 Å². The zero-order valence-electron chi connectivity index (χ0n) is 6.56. The van der Waals surface area contributed by atoms with Crippen LogP contribution in [0.5, 0.6) is 0 Å². The van der Waals surface area contributed by atoms with E-state index in [1.807, 2.05) is 0 Å². The molecule has 0 radical (unpaired) electrons. The van der Waals surface area contributed by atoms with Crippen LogP contribution in [-0.4, -0.2) is 11.7 Å². The van der Waals surface area contributed by atoms with Crippen LogP contribution in [0.4, 0.5) is 4.39 Å². The molecule has 0 spiro atoms. The molecule has 1 N–H and O–H groups in total. The summed E-state index contributed by atoms with van der Waals surface area (Å²) < 4.78 is 13.8. The van der Waals surface area contributed by atoms with Gasteiger partial charge in [-0.25, -0.2) is 4.39 Å². The molecule has 0 unspecified atom stereocenters. The van der Waals surface area contributed by atoms with Crippen molar-refractivity contribution >= 4 is 15.9 Å². The average molecular weight is 233 g/mol. The topological polar surface area (TPSA) is 20.2 Å². The van der Waals surface area contributed by atoms with Crippen molar-refractivity contribution in [2.24, 2.45) is 0 Å². The molecule has 0 fully saturated rings. The van der Waals surface area contributed by atoms with Crippen molar-refractivity contribution in [1.82, 2.24) is 0 Å². The molecule has 0 saturated carbocycles. The Morgan fingerprint density at radius 2 is 2.17 bits per heavy atom. The Morgan fingerprint density at radius 1 is 1.42 bits per heavy atom. The van der Waals surface area contributed by atoms with Crippen LogP contribution >= 0.6 is 15.9 Å². The minimum Gasteiger partial charge on any atom is -0.396 e. The number of halogens is 2. The van der Waals surface area contributed by atoms with Crippen LogP contribution < -0.4 is 0 Å². The molecule has 0 bridgehead atoms. The SMILES string of the molecule is OCCCc1c(F)cccc1Br. The van der Waals surface area contributed by atoms with Gasteiger partial charge >= 0.3 is 0 Å². The summed E-state index contributed by atoms with van der Waals surface area (Å²) in [4.78, 5) is 0. The lowest BCUT2D eigenvalue weighted by Crippen LogP contribution is -1.94. The summed E-state index contributed by atoms with van der Waals surface area (Å²) in [6.45, 7) is 0.0980. The highest BCUT2D eigenvalue weighted by molar-refractivity contribution is 9.10. The Balaban J connectivity index is 2.81. The first-order valence-corrected chi connectivity index (χ1v) is 4.58. The van der Waals surface area contributed by atoms with E-state index in [1.165, 1.54) is 6.07 Å². The second-order valence-corrected chi connectivity index (χ2v) is 3.38. The smallest absolute Gasteiger partial charge is 0.127 e. The van der Waals surface area contributed by atoms with Crippen molar-refractivity contribution in [3.05, 3.63) is 34.1 Å². The molecule has 0 amide bonds. The van der Waals surface area contributed by atoms with E-state index in [0.29, 0.717) is 18.4 Å². The zero-order valence-corrected chi connectivity index (χ0v) is 8.14. The first-order chi connectivity index (χ1) is 5.75. The standard InChI is InChI=1S/C9H10BrFO/c10-8-4-1-5-9(11)7(8)3-2-6-12/h1,4-5,12H,2-3,6H2. The maximum atomic E-state index is 13.1. The molecular formula is C9H10BrFO. The van der Waals surface area contributed by atoms with Crippen molar-refractivity contribution in [2.45, 2.75) is 12.8 Å². The fourth-order valence-corrected chi connectivity index (χ4v) is 1.57. The normalized spacial score (nSPS) is 10.2. The van der Waals surface area contributed by atoms with Gasteiger partial charge in [-0.05, 0) is 25.0 Å². The van der Waals surface area contributed by atoms with Crippen molar-refractivity contribution in [2.75, 3.05) is 6.61 Å². The van der Waals surface area contributed by atoms with E-state index in [1.54, 1.807) is 12.1 Å². The monoisotopic (exact) mass is 232 g/mol. The molecule has 0 saturated heterocycles. The number of rotatable bonds is 3. The molecule has 1 rings (SSSR count). The number of hydrogen-bond acceptors (Lipinski definition) is 1. The summed E-state index contributed by atoms with van der Waals surface area (Å²) in [6.07, 6.45) is 1.17. The molecule has 0 aliphatic rings. The Morgan fingerprint density at radius 3 is 2.75 bits per heavy atom. The van der Waals surface area contributed by atoms with Gasteiger partial charge in [-0.3, -0.25) is 0 Å². The van der Waals surface area contributed by atoms with E-state index in [9.17, 15) is 4.39 Å². The molecule has 1 aromatic carbocycles. The first kappa shape index (κ1) is 9.68. The maximum Gasteiger partial charge on any atom is 0.127 e. The fraction of sp³-hybridized carbons (Fsp3) is 0.333. The Labute approximate surface area is 79.4 Å². The van der Waals surface area contributed by atoms with E-state index < -0.39 is 0 Å². The molecule has 3 heteroatoms. The van der Waals surface area contributed by atoms with E-state index in [0.717, 1.165) is 4.47 Å². The van der Waals surface area contributed by atoms with Crippen molar-refractivity contribution < 1.29 is 9.50 Å². The van der Waals surface area contributed by atoms with Gasteiger partial charge in [0.2, 0.25) is 0 Å². The highest BCUT2D eigenvalue weighted by Crippen LogP contribution is 2.20. The number of aliphatic hydroxyl groups excluding tert-OH is 1. The van der Waals surface area contributed by atoms with Crippen molar-refractivity contribution in [3.63, 3.8) is 0 Å². The van der Waals surface area contributed by atoms with Crippen LogP contribution in [0.15, 0.2) is 22.7 Å². The predicted molar refractivity (Wildman–Crippen MR) is 49.5 cm³/mol. The summed E-state index contributed by atoms with van der Waals surface area (Å²) in [5.41, 5.74) is 0.645. The molecule has 12 heavy (non-hydrogen) atoms. The first-order valence-electron chi connectivity index (χ1n) is 3.79. The Bertz CT molecular complexity index is 242. The van der Waals surface area contributed by atoms with Crippen LogP contribution in [0, 0.1) is 5.82 Å². The van der Waals surface area contributed by atoms with Gasteiger partial charge in [0, 0.05) is 16.6 Å². The summed E-state index contributed by atoms with van der Waals surface area (Å²) in [5.74, 6) is -0.210. The summed E-state index contributed by atoms with van der Waals surface area (Å²) in [6, 6.07) is 4.88. The van der Waals surface area contributed by atoms with E-state index in [-0.39, 0.29) is 12.4 Å². The van der Waals surface area contributed by atoms with Gasteiger partial charge in [-0.2, -0.15) is 0 Å². The van der Waals surface area contributed by atoms with Gasteiger partial charge in [0.15, 0.2) is 0 Å². The minimum atomic E-state index is -0.210. The third-order valence-corrected chi connectivity index (χ3v) is 2.39. The average Bonchev–Trinajstić information content (AvgIpc) is 2.04. The molecule has 0 aliphatic carbocycles. The third-order valence-electron chi connectivity index (χ3n) is 1.65. The lowest BCUT2D eigenvalue weighted by Gasteiger charge is -2.03. The molecule has 0 heterocycles. The van der Waals surface area contributed by atoms with Crippen LogP contribution in [-0.2, 0) is 6.42 Å². The van der Waals surface area contributed by atoms with Gasteiger partial charge in [-0.15, -0.1) is 0 Å². The van der Waals surface area contributed by atoms with Crippen LogP contribution in [0.2, 0.25) is 0 Å². The van der Waals surface area contributed by atoms with Gasteiger partial charge in [0.25, 0.3) is 0 Å². The molecule has 1 nitrogen and oxygen atoms in total. The third kappa shape index (κ3) is 2.29. The highest BCUT2D eigenvalue weighted by atomic mass is 79.9. The summed E-state index contributed by atoms with van der Waals surface area (Å²) in [5, 5.41) is 8.57. The fourth-order valence-electron chi connectivity index (χ4n) is 1.03. The van der Waals surface area contributed by atoms with Gasteiger partial charge in [0.05, 0.1) is 0 Å². The van der Waals surface area contributed by atoms with E-state index >= 15 is 0 Å². The van der Waals surface area contributed by atoms with Gasteiger partial charge < -0.3 is 5.11 Å². The van der Waals surface area contributed by atoms with E-state index in [2.05, 4.69) is 15.9 Å². The summed E-state index contributed by atoms with van der Waals surface area (Å²) >= 11 is 3.26. The van der Waals surface area contributed by atoms with Crippen LogP contribution in [0.25, 0.3) is 0 Å². The lowest BCUT2D eigenvalue weighted by molar-refractivity contribution is 0.288. The van der Waals surface area contributed by atoms with Gasteiger partial charge in [0.1, 0.15) is 5.82 Å². The van der Waals surface area contributed by atoms with Crippen LogP contribution in [0.1, 0.15) is 12.0 Å². The molecule has 66 valence electrons. The maximum absolute atomic E-state index is 13.1. The number of aliphatic hydroxyl groups is 1.